The average molecular weight is 677 g/mol. The third-order valence-corrected chi connectivity index (χ3v) is 7.52. The summed E-state index contributed by atoms with van der Waals surface area (Å²) in [7, 11) is 6.89. The van der Waals surface area contributed by atoms with Crippen molar-refractivity contribution in [3.05, 3.63) is 12.8 Å². The van der Waals surface area contributed by atoms with Gasteiger partial charge in [-0.05, 0) is 6.92 Å². The van der Waals surface area contributed by atoms with Crippen LogP contribution in [0.3, 0.4) is 0 Å². The fourth-order valence-corrected chi connectivity index (χ4v) is 5.18. The summed E-state index contributed by atoms with van der Waals surface area (Å²) in [6.45, 7) is 4.32. The van der Waals surface area contributed by atoms with Crippen LogP contribution in [0.2, 0.25) is 0 Å². The first-order valence-electron chi connectivity index (χ1n) is 14.7. The molecule has 0 aliphatic carbocycles. The van der Waals surface area contributed by atoms with E-state index in [1.54, 1.807) is 7.11 Å². The van der Waals surface area contributed by atoms with Crippen molar-refractivity contribution in [2.45, 2.75) is 105 Å². The van der Waals surface area contributed by atoms with Crippen molar-refractivity contribution in [1.82, 2.24) is 0 Å². The second kappa shape index (κ2) is 20.4. The Kier molecular flexibility index (Phi) is 18.2. The summed E-state index contributed by atoms with van der Waals surface area (Å²) in [4.78, 5) is 0. The molecule has 3 aliphatic rings. The smallest absolute Gasteiger partial charge is 0.187 e. The standard InChI is InChI=1S/C25H46O17.C3H6O/c1-10(26)6-37-9-11-14(27)15(28)21(35-4)24(39-11)42-20-13(8-34-3)40-25(22(36-5)18(20)31)41-19-12(7-33-2)38-23(32)17(30)16(19)29;1-3-4-2/h10-32H,6-9H2,1-5H3;3H,1H2,2H3/t10?,11-,12-,13?,14+,15?,16?,17?,18?,19+,20+,21?,22-,23+,24-,25-;/m0./s1. The zero-order valence-corrected chi connectivity index (χ0v) is 27.0. The SMILES string of the molecule is C=COC.COCC1O[C@@H](O[C@H]2C(O)C(O)[C@H](O)O[C@H]2COC)[C@@H](OC)C(O)[C@@H]1O[C@@H]1O[C@@H](COCC(C)O)[C@@H](O)C(O)C1OC. The van der Waals surface area contributed by atoms with Crippen molar-refractivity contribution >= 4 is 0 Å². The van der Waals surface area contributed by atoms with Crippen LogP contribution in [0.25, 0.3) is 0 Å². The Morgan fingerprint density at radius 1 is 0.630 bits per heavy atom. The van der Waals surface area contributed by atoms with Gasteiger partial charge in [0.2, 0.25) is 0 Å². The van der Waals surface area contributed by atoms with E-state index in [-0.39, 0.29) is 26.4 Å². The van der Waals surface area contributed by atoms with Gasteiger partial charge < -0.3 is 87.9 Å². The molecule has 3 rings (SSSR count). The van der Waals surface area contributed by atoms with E-state index in [4.69, 9.17) is 47.4 Å². The van der Waals surface area contributed by atoms with Crippen molar-refractivity contribution < 1.29 is 87.9 Å². The molecule has 0 amide bonds. The van der Waals surface area contributed by atoms with Gasteiger partial charge in [-0.1, -0.05) is 6.58 Å². The van der Waals surface area contributed by atoms with Gasteiger partial charge in [0.25, 0.3) is 0 Å². The minimum absolute atomic E-state index is 0.0359. The van der Waals surface area contributed by atoms with Crippen molar-refractivity contribution in [3.63, 3.8) is 0 Å². The highest BCUT2D eigenvalue weighted by Gasteiger charge is 2.54. The minimum atomic E-state index is -1.70. The molecule has 0 aromatic heterocycles. The highest BCUT2D eigenvalue weighted by atomic mass is 16.8. The molecule has 3 saturated heterocycles. The Labute approximate surface area is 268 Å². The Morgan fingerprint density at radius 3 is 1.57 bits per heavy atom. The van der Waals surface area contributed by atoms with Crippen LogP contribution in [-0.2, 0) is 52.1 Å². The molecule has 272 valence electrons. The van der Waals surface area contributed by atoms with Crippen LogP contribution in [0.15, 0.2) is 12.8 Å². The second-order valence-corrected chi connectivity index (χ2v) is 10.9. The molecule has 0 spiro atoms. The molecule has 3 heterocycles. The van der Waals surface area contributed by atoms with Crippen molar-refractivity contribution in [3.8, 4) is 0 Å². The first-order chi connectivity index (χ1) is 21.9. The summed E-state index contributed by atoms with van der Waals surface area (Å²) >= 11 is 0. The summed E-state index contributed by atoms with van der Waals surface area (Å²) in [6, 6.07) is 0. The lowest BCUT2D eigenvalue weighted by Crippen LogP contribution is -2.67. The number of ether oxygens (including phenoxy) is 11. The highest BCUT2D eigenvalue weighted by molar-refractivity contribution is 4.97. The molecule has 0 radical (unpaired) electrons. The maximum atomic E-state index is 11.4. The Hall–Kier alpha value is -1.14. The molecule has 7 unspecified atom stereocenters. The van der Waals surface area contributed by atoms with Gasteiger partial charge >= 0.3 is 0 Å². The van der Waals surface area contributed by atoms with Crippen LogP contribution in [0.5, 0.6) is 0 Å². The number of aliphatic hydroxyl groups excluding tert-OH is 7. The first-order valence-corrected chi connectivity index (χ1v) is 14.7. The fraction of sp³-hybridized carbons (Fsp3) is 0.929. The summed E-state index contributed by atoms with van der Waals surface area (Å²) in [6.07, 6.45) is -19.4. The maximum Gasteiger partial charge on any atom is 0.187 e. The van der Waals surface area contributed by atoms with E-state index >= 15 is 0 Å². The maximum absolute atomic E-state index is 11.4. The number of aliphatic hydroxyl groups is 7. The zero-order chi connectivity index (χ0) is 34.6. The third kappa shape index (κ3) is 10.7. The van der Waals surface area contributed by atoms with Crippen molar-refractivity contribution in [2.24, 2.45) is 0 Å². The number of rotatable bonds is 15. The van der Waals surface area contributed by atoms with Gasteiger partial charge in [0.1, 0.15) is 73.2 Å². The molecule has 46 heavy (non-hydrogen) atoms. The summed E-state index contributed by atoms with van der Waals surface area (Å²) in [5.41, 5.74) is 0. The topological polar surface area (TPSA) is 243 Å². The normalized spacial score (nSPS) is 42.1. The van der Waals surface area contributed by atoms with E-state index in [1.807, 2.05) is 0 Å². The van der Waals surface area contributed by atoms with Crippen molar-refractivity contribution in [1.29, 1.82) is 0 Å². The Morgan fingerprint density at radius 2 is 1.09 bits per heavy atom. The lowest BCUT2D eigenvalue weighted by molar-refractivity contribution is -0.381. The fourth-order valence-electron chi connectivity index (χ4n) is 5.18. The monoisotopic (exact) mass is 676 g/mol. The van der Waals surface area contributed by atoms with Crippen LogP contribution in [0, 0.1) is 0 Å². The van der Waals surface area contributed by atoms with Crippen LogP contribution in [-0.4, -0.2) is 196 Å². The molecular formula is C28H52O18. The van der Waals surface area contributed by atoms with E-state index in [9.17, 15) is 35.7 Å². The Bertz CT molecular complexity index is 836. The zero-order valence-electron chi connectivity index (χ0n) is 27.0. The van der Waals surface area contributed by atoms with Crippen LogP contribution < -0.4 is 0 Å². The number of hydrogen-bond acceptors (Lipinski definition) is 18. The van der Waals surface area contributed by atoms with Crippen LogP contribution >= 0.6 is 0 Å². The molecule has 0 bridgehead atoms. The molecule has 3 fully saturated rings. The molecule has 0 aromatic carbocycles. The number of methoxy groups -OCH3 is 5. The summed E-state index contributed by atoms with van der Waals surface area (Å²) in [5, 5.41) is 72.9. The van der Waals surface area contributed by atoms with Gasteiger partial charge in [-0.2, -0.15) is 0 Å². The summed E-state index contributed by atoms with van der Waals surface area (Å²) in [5.74, 6) is 0. The molecule has 3 aliphatic heterocycles. The van der Waals surface area contributed by atoms with Gasteiger partial charge in [0.05, 0.1) is 45.9 Å². The first kappa shape index (κ1) is 41.0. The highest BCUT2D eigenvalue weighted by Crippen LogP contribution is 2.34. The average Bonchev–Trinajstić information content (AvgIpc) is 3.02. The lowest BCUT2D eigenvalue weighted by Gasteiger charge is -2.49. The van der Waals surface area contributed by atoms with Gasteiger partial charge in [-0.3, -0.25) is 0 Å². The van der Waals surface area contributed by atoms with Gasteiger partial charge in [0.15, 0.2) is 18.9 Å². The quantitative estimate of drug-likeness (QED) is 0.0823. The lowest BCUT2D eigenvalue weighted by atomic mass is 9.96. The van der Waals surface area contributed by atoms with Gasteiger partial charge in [-0.15, -0.1) is 0 Å². The third-order valence-electron chi connectivity index (χ3n) is 7.52. The van der Waals surface area contributed by atoms with Crippen LogP contribution in [0.1, 0.15) is 6.92 Å². The van der Waals surface area contributed by atoms with E-state index < -0.39 is 98.2 Å². The molecule has 0 saturated carbocycles. The molecule has 16 atom stereocenters. The number of hydrogen-bond donors (Lipinski definition) is 7. The van der Waals surface area contributed by atoms with E-state index in [0.29, 0.717) is 0 Å². The largest absolute Gasteiger partial charge is 0.505 e. The van der Waals surface area contributed by atoms with E-state index in [0.717, 1.165) is 0 Å². The Balaban J connectivity index is 0.00000173. The predicted octanol–water partition coefficient (Wildman–Crippen LogP) is -3.78. The second-order valence-electron chi connectivity index (χ2n) is 10.9. The van der Waals surface area contributed by atoms with E-state index in [1.165, 1.54) is 41.6 Å². The molecule has 0 aromatic rings. The molecule has 7 N–H and O–H groups in total. The van der Waals surface area contributed by atoms with E-state index in [2.05, 4.69) is 11.3 Å². The van der Waals surface area contributed by atoms with Crippen LogP contribution in [0.4, 0.5) is 0 Å². The van der Waals surface area contributed by atoms with Crippen molar-refractivity contribution in [2.75, 3.05) is 62.0 Å². The molecule has 18 nitrogen and oxygen atoms in total. The van der Waals surface area contributed by atoms with Gasteiger partial charge in [-0.25, -0.2) is 0 Å². The minimum Gasteiger partial charge on any atom is -0.505 e. The summed E-state index contributed by atoms with van der Waals surface area (Å²) < 4.78 is 60.2. The molecule has 18 heteroatoms. The predicted molar refractivity (Wildman–Crippen MR) is 153 cm³/mol. The molecular weight excluding hydrogens is 624 g/mol. The van der Waals surface area contributed by atoms with Gasteiger partial charge in [0, 0.05) is 28.4 Å².